The van der Waals surface area contributed by atoms with E-state index in [-0.39, 0.29) is 49.5 Å². The van der Waals surface area contributed by atoms with Crippen molar-refractivity contribution >= 4 is 53.0 Å². The van der Waals surface area contributed by atoms with Gasteiger partial charge in [-0.1, -0.05) is 131 Å². The molecule has 1 heterocycles. The van der Waals surface area contributed by atoms with Crippen LogP contribution in [0, 0.1) is 22.7 Å². The van der Waals surface area contributed by atoms with Gasteiger partial charge in [0.1, 0.15) is 11.9 Å². The number of Topliss-reactive ketones (excluding diaryl/α,β-unsaturated/α-hetero) is 1. The minimum Gasteiger partial charge on any atom is -0.461 e. The molecule has 0 amide bonds. The lowest BCUT2D eigenvalue weighted by Crippen LogP contribution is -2.74. The number of carbonyl (C=O) groups is 2. The van der Waals surface area contributed by atoms with Crippen LogP contribution in [0.1, 0.15) is 94.4 Å². The molecule has 0 unspecified atom stereocenters. The van der Waals surface area contributed by atoms with Gasteiger partial charge in [-0.25, -0.2) is 0 Å². The summed E-state index contributed by atoms with van der Waals surface area (Å²) in [7, 11) is -2.73. The van der Waals surface area contributed by atoms with Gasteiger partial charge in [-0.3, -0.25) is 9.59 Å². The first kappa shape index (κ1) is 34.8. The summed E-state index contributed by atoms with van der Waals surface area (Å²) in [5, 5.41) is 2.34. The SMILES string of the molecule is CC(=O)O[C@@H]1[C@@H](I)[C@@]2(C)O[C@@](C)(CCO[Si](c3ccccc3)(c3ccccc3)C(C)(C)C)CC(=O)[C@@H]2[C@@]2(C)CCCC(C)(C)[C@H]12. The van der Waals surface area contributed by atoms with E-state index >= 15 is 0 Å². The summed E-state index contributed by atoms with van der Waals surface area (Å²) in [6.07, 6.45) is 3.69. The largest absolute Gasteiger partial charge is 0.461 e. The molecule has 2 aromatic rings. The van der Waals surface area contributed by atoms with Gasteiger partial charge in [-0.2, -0.15) is 0 Å². The van der Waals surface area contributed by atoms with Crippen molar-refractivity contribution in [3.8, 4) is 0 Å². The Morgan fingerprint density at radius 2 is 1.51 bits per heavy atom. The van der Waals surface area contributed by atoms with Crippen LogP contribution in [0.3, 0.4) is 0 Å². The summed E-state index contributed by atoms with van der Waals surface area (Å²) in [5.41, 5.74) is -1.85. The van der Waals surface area contributed by atoms with Crippen molar-refractivity contribution in [1.82, 2.24) is 0 Å². The van der Waals surface area contributed by atoms with Crippen molar-refractivity contribution in [3.63, 3.8) is 0 Å². The summed E-state index contributed by atoms with van der Waals surface area (Å²) in [5.74, 6) is -0.159. The second-order valence-corrected chi connectivity index (χ2v) is 22.0. The first-order chi connectivity index (χ1) is 20.9. The Hall–Kier alpha value is -1.55. The normalized spacial score (nSPS) is 34.8. The molecule has 7 heteroatoms. The number of ketones is 1. The highest BCUT2D eigenvalue weighted by molar-refractivity contribution is 14.1. The number of alkyl halides is 1. The first-order valence-corrected chi connectivity index (χ1v) is 19.9. The molecular weight excluding hydrogens is 691 g/mol. The van der Waals surface area contributed by atoms with Gasteiger partial charge >= 0.3 is 5.97 Å². The zero-order valence-electron chi connectivity index (χ0n) is 28.7. The molecule has 45 heavy (non-hydrogen) atoms. The molecule has 5 nitrogen and oxygen atoms in total. The number of halogens is 1. The Labute approximate surface area is 285 Å². The fourth-order valence-corrected chi connectivity index (χ4v) is 15.7. The van der Waals surface area contributed by atoms with E-state index in [2.05, 4.69) is 139 Å². The van der Waals surface area contributed by atoms with Crippen LogP contribution in [0.15, 0.2) is 60.7 Å². The molecule has 3 fully saturated rings. The standard InChI is InChI=1S/C38H53IO5Si/c1-26(40)43-30-32-35(5,6)21-16-22-37(32,8)31-29(41)25-36(7,44-38(31,9)33(30)39)23-24-42-45(34(2,3)4,27-17-12-10-13-18-27)28-19-14-11-15-20-28/h10-15,17-20,30-33H,16,21-25H2,1-9H3/t30-,31+,32-,33+,36-,37+,38-/m0/s1. The third kappa shape index (κ3) is 5.90. The number of fused-ring (bicyclic) bond motifs is 3. The number of hydrogen-bond acceptors (Lipinski definition) is 5. The van der Waals surface area contributed by atoms with Crippen LogP contribution in [-0.2, 0) is 23.5 Å². The average Bonchev–Trinajstić information content (AvgIpc) is 2.93. The quantitative estimate of drug-likeness (QED) is 0.126. The summed E-state index contributed by atoms with van der Waals surface area (Å²) in [6.45, 7) is 19.9. The Bertz CT molecular complexity index is 1350. The minimum absolute atomic E-state index is 0.0530. The molecule has 0 N–H and O–H groups in total. The predicted octanol–water partition coefficient (Wildman–Crippen LogP) is 7.66. The Kier molecular flexibility index (Phi) is 9.39. The van der Waals surface area contributed by atoms with Crippen molar-refractivity contribution in [2.75, 3.05) is 6.61 Å². The molecule has 3 aliphatic rings. The lowest BCUT2D eigenvalue weighted by Gasteiger charge is -2.67. The molecule has 2 aliphatic carbocycles. The number of carbonyl (C=O) groups excluding carboxylic acids is 2. The van der Waals surface area contributed by atoms with Gasteiger partial charge in [0, 0.05) is 25.9 Å². The Morgan fingerprint density at radius 1 is 0.956 bits per heavy atom. The maximum absolute atomic E-state index is 14.5. The van der Waals surface area contributed by atoms with E-state index in [0.717, 1.165) is 19.3 Å². The van der Waals surface area contributed by atoms with E-state index in [4.69, 9.17) is 13.9 Å². The van der Waals surface area contributed by atoms with Gasteiger partial charge in [0.15, 0.2) is 0 Å². The third-order valence-corrected chi connectivity index (χ3v) is 18.5. The Morgan fingerprint density at radius 3 is 2.02 bits per heavy atom. The number of hydrogen-bond donors (Lipinski definition) is 0. The molecule has 1 saturated heterocycles. The summed E-state index contributed by atoms with van der Waals surface area (Å²) >= 11 is 2.44. The summed E-state index contributed by atoms with van der Waals surface area (Å²) in [4.78, 5) is 27.0. The van der Waals surface area contributed by atoms with Crippen molar-refractivity contribution in [2.45, 2.75) is 121 Å². The molecule has 1 aliphatic heterocycles. The molecule has 2 saturated carbocycles. The highest BCUT2D eigenvalue weighted by atomic mass is 127. The van der Waals surface area contributed by atoms with Crippen LogP contribution in [0.25, 0.3) is 0 Å². The van der Waals surface area contributed by atoms with Crippen molar-refractivity contribution in [2.24, 2.45) is 22.7 Å². The number of esters is 1. The average molecular weight is 745 g/mol. The van der Waals surface area contributed by atoms with Gasteiger partial charge in [-0.05, 0) is 59.4 Å². The first-order valence-electron chi connectivity index (χ1n) is 16.7. The van der Waals surface area contributed by atoms with Gasteiger partial charge in [-0.15, -0.1) is 0 Å². The van der Waals surface area contributed by atoms with E-state index in [1.807, 2.05) is 0 Å². The smallest absolute Gasteiger partial charge is 0.302 e. The second kappa shape index (κ2) is 12.2. The molecule has 0 spiro atoms. The number of rotatable bonds is 7. The molecule has 2 aromatic carbocycles. The number of benzene rings is 2. The van der Waals surface area contributed by atoms with E-state index in [1.165, 1.54) is 17.3 Å². The van der Waals surface area contributed by atoms with Crippen LogP contribution in [0.5, 0.6) is 0 Å². The van der Waals surface area contributed by atoms with Gasteiger partial charge in [0.2, 0.25) is 0 Å². The zero-order chi connectivity index (χ0) is 33.1. The molecule has 0 bridgehead atoms. The molecule has 7 atom stereocenters. The molecular formula is C38H53IO5Si. The number of ether oxygens (including phenoxy) is 2. The summed E-state index contributed by atoms with van der Waals surface area (Å²) in [6, 6.07) is 21.3. The van der Waals surface area contributed by atoms with Gasteiger partial charge in [0.25, 0.3) is 8.32 Å². The van der Waals surface area contributed by atoms with Gasteiger partial charge in [0.05, 0.1) is 21.0 Å². The lowest BCUT2D eigenvalue weighted by molar-refractivity contribution is -0.270. The lowest BCUT2D eigenvalue weighted by atomic mass is 9.43. The zero-order valence-corrected chi connectivity index (χ0v) is 31.9. The van der Waals surface area contributed by atoms with Crippen molar-refractivity contribution in [1.29, 1.82) is 0 Å². The van der Waals surface area contributed by atoms with Crippen LogP contribution in [0.4, 0.5) is 0 Å². The van der Waals surface area contributed by atoms with E-state index in [9.17, 15) is 9.59 Å². The van der Waals surface area contributed by atoms with Crippen molar-refractivity contribution < 1.29 is 23.5 Å². The molecule has 0 radical (unpaired) electrons. The van der Waals surface area contributed by atoms with Crippen LogP contribution < -0.4 is 10.4 Å². The highest BCUT2D eigenvalue weighted by Crippen LogP contribution is 2.66. The minimum atomic E-state index is -2.73. The van der Waals surface area contributed by atoms with E-state index < -0.39 is 19.5 Å². The topological polar surface area (TPSA) is 61.8 Å². The van der Waals surface area contributed by atoms with Crippen LogP contribution >= 0.6 is 22.6 Å². The molecule has 246 valence electrons. The maximum Gasteiger partial charge on any atom is 0.302 e. The second-order valence-electron chi connectivity index (χ2n) is 16.4. The monoisotopic (exact) mass is 744 g/mol. The van der Waals surface area contributed by atoms with E-state index in [1.54, 1.807) is 0 Å². The molecule has 5 rings (SSSR count). The summed E-state index contributed by atoms with van der Waals surface area (Å²) < 4.78 is 20.5. The maximum atomic E-state index is 14.5. The Balaban J connectivity index is 1.48. The fourth-order valence-electron chi connectivity index (χ4n) is 10.1. The van der Waals surface area contributed by atoms with Crippen molar-refractivity contribution in [3.05, 3.63) is 60.7 Å². The van der Waals surface area contributed by atoms with Crippen LogP contribution in [0.2, 0.25) is 5.04 Å². The predicted molar refractivity (Wildman–Crippen MR) is 192 cm³/mol. The third-order valence-electron chi connectivity index (χ3n) is 11.5. The van der Waals surface area contributed by atoms with Crippen LogP contribution in [-0.4, -0.2) is 47.9 Å². The fraction of sp³-hybridized carbons (Fsp3) is 0.632. The van der Waals surface area contributed by atoms with Gasteiger partial charge < -0.3 is 13.9 Å². The molecule has 0 aromatic heterocycles. The van der Waals surface area contributed by atoms with E-state index in [0.29, 0.717) is 19.4 Å². The highest BCUT2D eigenvalue weighted by Gasteiger charge is 2.71.